The van der Waals surface area contributed by atoms with E-state index < -0.39 is 0 Å². The Balaban J connectivity index is 2.62. The van der Waals surface area contributed by atoms with Crippen molar-refractivity contribution in [3.05, 3.63) is 35.9 Å². The Morgan fingerprint density at radius 2 is 1.04 bits per heavy atom. The Morgan fingerprint density at radius 1 is 0.640 bits per heavy atom. The summed E-state index contributed by atoms with van der Waals surface area (Å²) < 4.78 is 0. The van der Waals surface area contributed by atoms with Crippen LogP contribution >= 0.6 is 0 Å². The van der Waals surface area contributed by atoms with Gasteiger partial charge in [0.05, 0.1) is 0 Å². The third-order valence-electron chi connectivity index (χ3n) is 5.21. The molecule has 0 heteroatoms. The molecule has 0 fully saturated rings. The predicted molar refractivity (Wildman–Crippen MR) is 114 cm³/mol. The van der Waals surface area contributed by atoms with Crippen LogP contribution in [0.4, 0.5) is 0 Å². The molecule has 0 amide bonds. The van der Waals surface area contributed by atoms with Crippen LogP contribution < -0.4 is 0 Å². The zero-order chi connectivity index (χ0) is 19.1. The van der Waals surface area contributed by atoms with Crippen molar-refractivity contribution in [1.29, 1.82) is 0 Å². The summed E-state index contributed by atoms with van der Waals surface area (Å²) in [7, 11) is 0. The Bertz CT molecular complexity index is 431. The van der Waals surface area contributed by atoms with Crippen LogP contribution in [0.3, 0.4) is 0 Å². The maximum Gasteiger partial charge on any atom is -0.0162 e. The summed E-state index contributed by atoms with van der Waals surface area (Å²) in [6.45, 7) is 19.1. The minimum Gasteiger partial charge on any atom is -0.0625 e. The molecule has 1 rings (SSSR count). The lowest BCUT2D eigenvalue weighted by Gasteiger charge is -2.27. The van der Waals surface area contributed by atoms with Gasteiger partial charge in [-0.05, 0) is 59.8 Å². The van der Waals surface area contributed by atoms with Gasteiger partial charge in [-0.1, -0.05) is 98.6 Å². The van der Waals surface area contributed by atoms with Gasteiger partial charge in [0.25, 0.3) is 0 Å². The molecule has 1 aromatic rings. The van der Waals surface area contributed by atoms with Crippen LogP contribution in [0.2, 0.25) is 0 Å². The summed E-state index contributed by atoms with van der Waals surface area (Å²) in [6, 6.07) is 11.2. The monoisotopic (exact) mass is 344 g/mol. The summed E-state index contributed by atoms with van der Waals surface area (Å²) >= 11 is 0. The van der Waals surface area contributed by atoms with Gasteiger partial charge >= 0.3 is 0 Å². The Kier molecular flexibility index (Phi) is 8.72. The van der Waals surface area contributed by atoms with E-state index in [1.54, 1.807) is 5.56 Å². The van der Waals surface area contributed by atoms with Gasteiger partial charge in [-0.15, -0.1) is 0 Å². The van der Waals surface area contributed by atoms with Gasteiger partial charge in [-0.3, -0.25) is 0 Å². The molecule has 0 aliphatic carbocycles. The normalized spacial score (nSPS) is 16.5. The summed E-state index contributed by atoms with van der Waals surface area (Å²) in [6.07, 6.45) is 8.03. The van der Waals surface area contributed by atoms with E-state index in [0.29, 0.717) is 10.8 Å². The molecule has 0 saturated carbocycles. The zero-order valence-corrected chi connectivity index (χ0v) is 18.4. The lowest BCUT2D eigenvalue weighted by Crippen LogP contribution is -2.13. The molecule has 0 N–H and O–H groups in total. The van der Waals surface area contributed by atoms with Crippen molar-refractivity contribution < 1.29 is 0 Å². The molecule has 0 aliphatic rings. The number of benzene rings is 1. The van der Waals surface area contributed by atoms with Crippen LogP contribution in [-0.2, 0) is 0 Å². The molecule has 0 spiro atoms. The first-order chi connectivity index (χ1) is 11.5. The van der Waals surface area contributed by atoms with Gasteiger partial charge in [-0.2, -0.15) is 0 Å². The summed E-state index contributed by atoms with van der Waals surface area (Å²) in [5.41, 5.74) is 2.44. The van der Waals surface area contributed by atoms with E-state index in [9.17, 15) is 0 Å². The summed E-state index contributed by atoms with van der Waals surface area (Å²) in [5, 5.41) is 0. The third-order valence-corrected chi connectivity index (χ3v) is 5.21. The molecular formula is C25H44. The van der Waals surface area contributed by atoms with Crippen LogP contribution in [0.15, 0.2) is 30.3 Å². The quantitative estimate of drug-likeness (QED) is 0.421. The van der Waals surface area contributed by atoms with Crippen LogP contribution in [0.5, 0.6) is 0 Å². The lowest BCUT2D eigenvalue weighted by molar-refractivity contribution is 0.275. The number of hydrogen-bond acceptors (Lipinski definition) is 0. The highest BCUT2D eigenvalue weighted by molar-refractivity contribution is 5.19. The van der Waals surface area contributed by atoms with E-state index >= 15 is 0 Å². The van der Waals surface area contributed by atoms with Crippen molar-refractivity contribution in [3.8, 4) is 0 Å². The Labute approximate surface area is 158 Å². The van der Waals surface area contributed by atoms with Crippen molar-refractivity contribution in [1.82, 2.24) is 0 Å². The van der Waals surface area contributed by atoms with Gasteiger partial charge in [0.1, 0.15) is 0 Å². The average Bonchev–Trinajstić information content (AvgIpc) is 2.44. The maximum atomic E-state index is 2.44. The van der Waals surface area contributed by atoms with E-state index in [-0.39, 0.29) is 0 Å². The van der Waals surface area contributed by atoms with Gasteiger partial charge in [0, 0.05) is 0 Å². The van der Waals surface area contributed by atoms with Gasteiger partial charge in [0.15, 0.2) is 0 Å². The van der Waals surface area contributed by atoms with Crippen molar-refractivity contribution in [2.24, 2.45) is 22.7 Å². The molecule has 0 nitrogen and oxygen atoms in total. The SMILES string of the molecule is CC(CCC(CCC(C)CC(C)(C)C)c1ccccc1)CC(C)(C)C. The molecule has 0 heterocycles. The number of hydrogen-bond donors (Lipinski definition) is 0. The fourth-order valence-corrected chi connectivity index (χ4v) is 4.47. The fraction of sp³-hybridized carbons (Fsp3) is 0.760. The van der Waals surface area contributed by atoms with Crippen LogP contribution in [0, 0.1) is 22.7 Å². The van der Waals surface area contributed by atoms with Crippen molar-refractivity contribution in [3.63, 3.8) is 0 Å². The highest BCUT2D eigenvalue weighted by Gasteiger charge is 2.20. The maximum absolute atomic E-state index is 2.44. The molecule has 0 aromatic heterocycles. The average molecular weight is 345 g/mol. The summed E-state index contributed by atoms with van der Waals surface area (Å²) in [4.78, 5) is 0. The molecule has 0 radical (unpaired) electrons. The van der Waals surface area contributed by atoms with Crippen LogP contribution in [-0.4, -0.2) is 0 Å². The molecule has 0 saturated heterocycles. The standard InChI is InChI=1S/C25H44/c1-20(18-24(3,4)5)14-16-23(22-12-10-9-11-13-22)17-15-21(2)19-25(6,7)8/h9-13,20-21,23H,14-19H2,1-8H3. The first kappa shape index (κ1) is 22.3. The molecule has 144 valence electrons. The van der Waals surface area contributed by atoms with E-state index in [0.717, 1.165) is 17.8 Å². The number of rotatable bonds is 9. The second-order valence-electron chi connectivity index (χ2n) is 11.0. The van der Waals surface area contributed by atoms with E-state index in [1.807, 2.05) is 0 Å². The first-order valence-electron chi connectivity index (χ1n) is 10.5. The Morgan fingerprint density at radius 3 is 1.40 bits per heavy atom. The second kappa shape index (κ2) is 9.79. The van der Waals surface area contributed by atoms with Crippen molar-refractivity contribution in [2.45, 2.75) is 99.8 Å². The highest BCUT2D eigenvalue weighted by Crippen LogP contribution is 2.34. The predicted octanol–water partition coefficient (Wildman–Crippen LogP) is 8.48. The van der Waals surface area contributed by atoms with Gasteiger partial charge < -0.3 is 0 Å². The minimum atomic E-state index is 0.447. The zero-order valence-electron chi connectivity index (χ0n) is 18.4. The third kappa shape index (κ3) is 10.7. The van der Waals surface area contributed by atoms with Crippen molar-refractivity contribution >= 4 is 0 Å². The summed E-state index contributed by atoms with van der Waals surface area (Å²) in [5.74, 6) is 2.36. The van der Waals surface area contributed by atoms with Gasteiger partial charge in [-0.25, -0.2) is 0 Å². The smallest absolute Gasteiger partial charge is 0.0162 e. The molecule has 2 atom stereocenters. The first-order valence-corrected chi connectivity index (χ1v) is 10.5. The van der Waals surface area contributed by atoms with Crippen molar-refractivity contribution in [2.75, 3.05) is 0 Å². The molecule has 0 aliphatic heterocycles. The lowest BCUT2D eigenvalue weighted by atomic mass is 9.79. The molecular weight excluding hydrogens is 300 g/mol. The molecule has 0 bridgehead atoms. The van der Waals surface area contributed by atoms with E-state index in [2.05, 4.69) is 85.7 Å². The van der Waals surface area contributed by atoms with Crippen LogP contribution in [0.25, 0.3) is 0 Å². The minimum absolute atomic E-state index is 0.447. The van der Waals surface area contributed by atoms with E-state index in [1.165, 1.54) is 38.5 Å². The van der Waals surface area contributed by atoms with E-state index in [4.69, 9.17) is 0 Å². The largest absolute Gasteiger partial charge is 0.0625 e. The topological polar surface area (TPSA) is 0 Å². The molecule has 1 aromatic carbocycles. The fourth-order valence-electron chi connectivity index (χ4n) is 4.47. The highest BCUT2D eigenvalue weighted by atomic mass is 14.3. The van der Waals surface area contributed by atoms with Gasteiger partial charge in [0.2, 0.25) is 0 Å². The molecule has 2 unspecified atom stereocenters. The van der Waals surface area contributed by atoms with Crippen LogP contribution in [0.1, 0.15) is 105 Å². The molecule has 25 heavy (non-hydrogen) atoms. The Hall–Kier alpha value is -0.780. The second-order valence-corrected chi connectivity index (χ2v) is 11.0.